The minimum absolute atomic E-state index is 0.0178. The molecule has 0 aromatic heterocycles. The molecule has 1 aliphatic heterocycles. The number of rotatable bonds is 10. The molecular formula is C28H28BrN3O5S. The van der Waals surface area contributed by atoms with Gasteiger partial charge in [0.25, 0.3) is 15.9 Å². The Labute approximate surface area is 230 Å². The molecule has 0 aliphatic carbocycles. The highest BCUT2D eigenvalue weighted by atomic mass is 79.9. The van der Waals surface area contributed by atoms with Crippen LogP contribution in [0.15, 0.2) is 88.2 Å². The van der Waals surface area contributed by atoms with Gasteiger partial charge in [-0.3, -0.25) is 14.4 Å². The Hall–Kier alpha value is -3.50. The summed E-state index contributed by atoms with van der Waals surface area (Å²) in [5.41, 5.74) is 1.88. The van der Waals surface area contributed by atoms with E-state index in [2.05, 4.69) is 21.2 Å². The van der Waals surface area contributed by atoms with Gasteiger partial charge in [0, 0.05) is 37.5 Å². The average molecular weight is 599 g/mol. The molecule has 4 rings (SSSR count). The maximum atomic E-state index is 13.6. The van der Waals surface area contributed by atoms with Crippen LogP contribution in [0.3, 0.4) is 0 Å². The maximum absolute atomic E-state index is 13.6. The summed E-state index contributed by atoms with van der Waals surface area (Å²) >= 11 is 3.41. The van der Waals surface area contributed by atoms with Crippen molar-refractivity contribution in [2.45, 2.75) is 36.7 Å². The number of benzene rings is 3. The first kappa shape index (κ1) is 27.5. The van der Waals surface area contributed by atoms with E-state index in [1.54, 1.807) is 12.1 Å². The highest BCUT2D eigenvalue weighted by Gasteiger charge is 2.40. The van der Waals surface area contributed by atoms with E-state index < -0.39 is 22.0 Å². The Balaban J connectivity index is 1.53. The van der Waals surface area contributed by atoms with E-state index in [9.17, 15) is 22.8 Å². The van der Waals surface area contributed by atoms with Gasteiger partial charge in [-0.2, -0.15) is 0 Å². The summed E-state index contributed by atoms with van der Waals surface area (Å²) in [4.78, 5) is 40.8. The van der Waals surface area contributed by atoms with Crippen LogP contribution in [0.5, 0.6) is 0 Å². The Morgan fingerprint density at radius 3 is 2.26 bits per heavy atom. The molecule has 198 valence electrons. The molecule has 3 amide bonds. The minimum Gasteiger partial charge on any atom is -0.357 e. The second kappa shape index (κ2) is 11.9. The molecule has 1 heterocycles. The molecule has 3 aromatic rings. The Bertz CT molecular complexity index is 1430. The SMILES string of the molecule is CNC(=O)[C@H](Cc1ccccc1)N(Cc1ccc(Br)cc1)C(=O)CCCN1C(=O)c2ccccc2S1(=O)=O. The fourth-order valence-corrected chi connectivity index (χ4v) is 6.35. The van der Waals surface area contributed by atoms with Crippen molar-refractivity contribution in [1.29, 1.82) is 0 Å². The predicted octanol–water partition coefficient (Wildman–Crippen LogP) is 3.76. The van der Waals surface area contributed by atoms with Crippen LogP contribution in [0.1, 0.15) is 34.3 Å². The van der Waals surface area contributed by atoms with E-state index in [-0.39, 0.29) is 48.2 Å². The standard InChI is InChI=1S/C28H28BrN3O5S/c1-30-27(34)24(18-20-8-3-2-4-9-20)31(19-21-13-15-22(29)16-14-21)26(33)12-7-17-32-28(35)23-10-5-6-11-25(23)38(32,36)37/h2-6,8-11,13-16,24H,7,12,17-19H2,1H3,(H,30,34)/t24-/m0/s1. The van der Waals surface area contributed by atoms with Gasteiger partial charge in [-0.25, -0.2) is 12.7 Å². The fraction of sp³-hybridized carbons (Fsp3) is 0.250. The molecule has 0 saturated carbocycles. The smallest absolute Gasteiger partial charge is 0.269 e. The number of fused-ring (bicyclic) bond motifs is 1. The number of carbonyl (C=O) groups is 3. The molecule has 1 atom stereocenters. The lowest BCUT2D eigenvalue weighted by atomic mass is 10.0. The first-order valence-corrected chi connectivity index (χ1v) is 14.4. The van der Waals surface area contributed by atoms with Crippen LogP contribution in [-0.4, -0.2) is 55.0 Å². The van der Waals surface area contributed by atoms with Gasteiger partial charge in [-0.05, 0) is 41.8 Å². The summed E-state index contributed by atoms with van der Waals surface area (Å²) in [5, 5.41) is 2.67. The number of nitrogens with zero attached hydrogens (tertiary/aromatic N) is 2. The van der Waals surface area contributed by atoms with Crippen LogP contribution in [0.4, 0.5) is 0 Å². The summed E-state index contributed by atoms with van der Waals surface area (Å²) in [6.45, 7) is 0.0699. The number of nitrogens with one attached hydrogen (secondary N) is 1. The lowest BCUT2D eigenvalue weighted by molar-refractivity contribution is -0.141. The molecule has 1 aliphatic rings. The molecule has 10 heteroatoms. The van der Waals surface area contributed by atoms with Crippen LogP contribution >= 0.6 is 15.9 Å². The van der Waals surface area contributed by atoms with Crippen LogP contribution in [0.25, 0.3) is 0 Å². The van der Waals surface area contributed by atoms with E-state index in [0.29, 0.717) is 6.42 Å². The van der Waals surface area contributed by atoms with Gasteiger partial charge >= 0.3 is 0 Å². The molecule has 0 fully saturated rings. The normalized spacial score (nSPS) is 14.6. The van der Waals surface area contributed by atoms with E-state index in [0.717, 1.165) is 19.9 Å². The van der Waals surface area contributed by atoms with E-state index in [1.807, 2.05) is 54.6 Å². The Kier molecular flexibility index (Phi) is 8.63. The van der Waals surface area contributed by atoms with Gasteiger partial charge < -0.3 is 10.2 Å². The lowest BCUT2D eigenvalue weighted by Gasteiger charge is -2.31. The van der Waals surface area contributed by atoms with Gasteiger partial charge in [0.05, 0.1) is 5.56 Å². The summed E-state index contributed by atoms with van der Waals surface area (Å²) in [6, 6.07) is 22.2. The van der Waals surface area contributed by atoms with Crippen LogP contribution in [0, 0.1) is 0 Å². The number of sulfonamides is 1. The Morgan fingerprint density at radius 1 is 0.947 bits per heavy atom. The molecule has 3 aromatic carbocycles. The molecule has 38 heavy (non-hydrogen) atoms. The number of amides is 3. The Morgan fingerprint density at radius 2 is 1.61 bits per heavy atom. The summed E-state index contributed by atoms with van der Waals surface area (Å²) in [5.74, 6) is -1.20. The van der Waals surface area contributed by atoms with Gasteiger partial charge in [-0.1, -0.05) is 70.5 Å². The van der Waals surface area contributed by atoms with E-state index >= 15 is 0 Å². The number of carbonyl (C=O) groups excluding carboxylic acids is 3. The number of halogens is 1. The van der Waals surface area contributed by atoms with E-state index in [4.69, 9.17) is 0 Å². The summed E-state index contributed by atoms with van der Waals surface area (Å²) in [6.07, 6.45) is 0.409. The number of hydrogen-bond acceptors (Lipinski definition) is 5. The second-order valence-electron chi connectivity index (χ2n) is 8.95. The molecular weight excluding hydrogens is 570 g/mol. The van der Waals surface area contributed by atoms with E-state index in [1.165, 1.54) is 24.1 Å². The van der Waals surface area contributed by atoms with Crippen molar-refractivity contribution >= 4 is 43.7 Å². The van der Waals surface area contributed by atoms with Crippen molar-refractivity contribution in [2.75, 3.05) is 13.6 Å². The van der Waals surface area contributed by atoms with Gasteiger partial charge in [-0.15, -0.1) is 0 Å². The molecule has 0 saturated heterocycles. The third kappa shape index (κ3) is 5.97. The van der Waals surface area contributed by atoms with Crippen molar-refractivity contribution in [3.63, 3.8) is 0 Å². The fourth-order valence-electron chi connectivity index (χ4n) is 4.48. The highest BCUT2D eigenvalue weighted by Crippen LogP contribution is 2.30. The van der Waals surface area contributed by atoms with Gasteiger partial charge in [0.2, 0.25) is 11.8 Å². The topological polar surface area (TPSA) is 104 Å². The lowest BCUT2D eigenvalue weighted by Crippen LogP contribution is -2.49. The van der Waals surface area contributed by atoms with Gasteiger partial charge in [0.15, 0.2) is 0 Å². The molecule has 0 spiro atoms. The van der Waals surface area contributed by atoms with Crippen molar-refractivity contribution in [1.82, 2.24) is 14.5 Å². The number of hydrogen-bond donors (Lipinski definition) is 1. The molecule has 8 nitrogen and oxygen atoms in total. The summed E-state index contributed by atoms with van der Waals surface area (Å²) < 4.78 is 27.4. The van der Waals surface area contributed by atoms with Crippen LogP contribution in [-0.2, 0) is 32.6 Å². The zero-order valence-electron chi connectivity index (χ0n) is 20.8. The molecule has 1 N–H and O–H groups in total. The molecule has 0 bridgehead atoms. The van der Waals surface area contributed by atoms with Crippen LogP contribution < -0.4 is 5.32 Å². The highest BCUT2D eigenvalue weighted by molar-refractivity contribution is 9.10. The zero-order valence-corrected chi connectivity index (χ0v) is 23.2. The second-order valence-corrected chi connectivity index (χ2v) is 11.7. The molecule has 0 unspecified atom stereocenters. The van der Waals surface area contributed by atoms with Crippen molar-refractivity contribution in [3.8, 4) is 0 Å². The summed E-state index contributed by atoms with van der Waals surface area (Å²) in [7, 11) is -2.42. The number of likely N-dealkylation sites (N-methyl/N-ethyl adjacent to an activating group) is 1. The third-order valence-corrected chi connectivity index (χ3v) is 8.82. The first-order chi connectivity index (χ1) is 18.2. The quantitative estimate of drug-likeness (QED) is 0.383. The largest absolute Gasteiger partial charge is 0.357 e. The van der Waals surface area contributed by atoms with Crippen molar-refractivity contribution in [3.05, 3.63) is 100 Å². The predicted molar refractivity (Wildman–Crippen MR) is 147 cm³/mol. The van der Waals surface area contributed by atoms with Gasteiger partial charge in [0.1, 0.15) is 10.9 Å². The maximum Gasteiger partial charge on any atom is 0.269 e. The third-order valence-electron chi connectivity index (χ3n) is 6.45. The molecule has 0 radical (unpaired) electrons. The minimum atomic E-state index is -3.95. The van der Waals surface area contributed by atoms with Crippen LogP contribution in [0.2, 0.25) is 0 Å². The zero-order chi connectivity index (χ0) is 27.3. The first-order valence-electron chi connectivity index (χ1n) is 12.2. The monoisotopic (exact) mass is 597 g/mol. The van der Waals surface area contributed by atoms with Crippen molar-refractivity contribution < 1.29 is 22.8 Å². The van der Waals surface area contributed by atoms with Crippen molar-refractivity contribution in [2.24, 2.45) is 0 Å². The average Bonchev–Trinajstić information content (AvgIpc) is 3.12.